The molecule has 0 bridgehead atoms. The second kappa shape index (κ2) is 12.0. The molecule has 0 unspecified atom stereocenters. The highest BCUT2D eigenvalue weighted by Crippen LogP contribution is 2.26. The summed E-state index contributed by atoms with van der Waals surface area (Å²) in [6.45, 7) is 0.288. The Kier molecular flexibility index (Phi) is 8.14. The minimum atomic E-state index is -4.87. The molecule has 224 valence electrons. The van der Waals surface area contributed by atoms with Crippen LogP contribution >= 0.6 is 0 Å². The fraction of sp³-hybridized carbons (Fsp3) is 0.214. The highest BCUT2D eigenvalue weighted by Gasteiger charge is 2.31. The molecule has 4 aromatic rings. The molecule has 0 spiro atoms. The quantitative estimate of drug-likeness (QED) is 0.282. The highest BCUT2D eigenvalue weighted by atomic mass is 19.4. The van der Waals surface area contributed by atoms with Gasteiger partial charge in [0.05, 0.1) is 18.8 Å². The summed E-state index contributed by atoms with van der Waals surface area (Å²) in [5, 5.41) is 2.95. The number of nitrogens with two attached hydrogens (primary N) is 1. The lowest BCUT2D eigenvalue weighted by molar-refractivity contribution is -0.274. The van der Waals surface area contributed by atoms with Crippen LogP contribution in [0.4, 0.5) is 33.6 Å². The molecule has 0 saturated carbocycles. The van der Waals surface area contributed by atoms with E-state index < -0.39 is 35.1 Å². The van der Waals surface area contributed by atoms with Crippen LogP contribution in [-0.2, 0) is 19.6 Å². The molecule has 1 aliphatic rings. The van der Waals surface area contributed by atoms with Gasteiger partial charge in [-0.25, -0.2) is 27.9 Å². The summed E-state index contributed by atoms with van der Waals surface area (Å²) in [4.78, 5) is 36.5. The number of aromatic nitrogens is 3. The topological polar surface area (TPSA) is 120 Å². The molecule has 0 aliphatic carbocycles. The van der Waals surface area contributed by atoms with E-state index >= 15 is 0 Å². The van der Waals surface area contributed by atoms with Crippen molar-refractivity contribution >= 4 is 17.6 Å². The van der Waals surface area contributed by atoms with Crippen LogP contribution in [0.15, 0.2) is 81.3 Å². The van der Waals surface area contributed by atoms with Crippen LogP contribution in [0.5, 0.6) is 5.75 Å². The van der Waals surface area contributed by atoms with Crippen LogP contribution in [0, 0.1) is 11.6 Å². The number of nitrogens with zero attached hydrogens (tertiary/aromatic N) is 5. The highest BCUT2D eigenvalue weighted by molar-refractivity contribution is 5.83. The van der Waals surface area contributed by atoms with Crippen LogP contribution < -0.4 is 27.2 Å². The van der Waals surface area contributed by atoms with E-state index in [9.17, 15) is 31.5 Å². The minimum absolute atomic E-state index is 0.0973. The zero-order valence-corrected chi connectivity index (χ0v) is 22.3. The smallest absolute Gasteiger partial charge is 0.406 e. The zero-order valence-electron chi connectivity index (χ0n) is 22.3. The molecule has 15 heteroatoms. The van der Waals surface area contributed by atoms with Gasteiger partial charge in [0.2, 0.25) is 5.95 Å². The lowest BCUT2D eigenvalue weighted by Gasteiger charge is -2.28. The lowest BCUT2D eigenvalue weighted by atomic mass is 10.1. The monoisotopic (exact) mass is 601 g/mol. The molecule has 0 amide bonds. The van der Waals surface area contributed by atoms with Crippen LogP contribution in [0.25, 0.3) is 0 Å². The number of aliphatic imine (C=N–C) groups is 1. The van der Waals surface area contributed by atoms with Gasteiger partial charge in [-0.05, 0) is 53.6 Å². The van der Waals surface area contributed by atoms with Gasteiger partial charge in [-0.1, -0.05) is 24.3 Å². The minimum Gasteiger partial charge on any atom is -0.406 e. The number of ether oxygens (including phenoxy) is 1. The van der Waals surface area contributed by atoms with Crippen molar-refractivity contribution in [2.75, 3.05) is 18.4 Å². The molecule has 3 N–H and O–H groups in total. The van der Waals surface area contributed by atoms with Gasteiger partial charge in [0.1, 0.15) is 17.4 Å². The van der Waals surface area contributed by atoms with Crippen molar-refractivity contribution in [3.05, 3.63) is 116 Å². The second-order valence-electron chi connectivity index (χ2n) is 9.58. The van der Waals surface area contributed by atoms with E-state index in [2.05, 4.69) is 20.0 Å². The maximum Gasteiger partial charge on any atom is 0.573 e. The third-order valence-electron chi connectivity index (χ3n) is 6.53. The van der Waals surface area contributed by atoms with Gasteiger partial charge in [-0.3, -0.25) is 4.57 Å². The predicted molar refractivity (Wildman–Crippen MR) is 147 cm³/mol. The van der Waals surface area contributed by atoms with Gasteiger partial charge >= 0.3 is 17.7 Å². The van der Waals surface area contributed by atoms with Crippen molar-refractivity contribution in [2.24, 2.45) is 10.7 Å². The standard InChI is InChI=1S/C28H24F5N7O3/c29-20-5-1-17(2-6-20)15-40-26(41)37-25(35-11-12-38-16-19-13-21(30)7-10-23(19)36-24(38)34)39(27(40)42)14-18-3-8-22(9-4-18)43-28(31,32)33/h1-10,13H,11-12,14-16H2,(H2,34,36)(H,35,37,41). The largest absolute Gasteiger partial charge is 0.573 e. The fourth-order valence-corrected chi connectivity index (χ4v) is 4.46. The number of fused-ring (bicyclic) bond motifs is 1. The summed E-state index contributed by atoms with van der Waals surface area (Å²) in [6, 6.07) is 14.3. The number of hydrogen-bond acceptors (Lipinski definition) is 8. The van der Waals surface area contributed by atoms with E-state index in [1.807, 2.05) is 0 Å². The number of anilines is 1. The molecule has 0 saturated heterocycles. The molecular weight excluding hydrogens is 577 g/mol. The van der Waals surface area contributed by atoms with Gasteiger partial charge in [0, 0.05) is 25.2 Å². The van der Waals surface area contributed by atoms with Crippen molar-refractivity contribution in [2.45, 2.75) is 26.0 Å². The van der Waals surface area contributed by atoms with Gasteiger partial charge in [-0.15, -0.1) is 13.2 Å². The van der Waals surface area contributed by atoms with E-state index in [0.717, 1.165) is 21.3 Å². The molecule has 2 heterocycles. The van der Waals surface area contributed by atoms with Crippen molar-refractivity contribution in [3.8, 4) is 5.75 Å². The molecule has 0 atom stereocenters. The maximum absolute atomic E-state index is 13.7. The molecule has 0 fully saturated rings. The Morgan fingerprint density at radius 3 is 2.19 bits per heavy atom. The molecule has 5 rings (SSSR count). The molecule has 3 aromatic carbocycles. The average Bonchev–Trinajstić information content (AvgIpc) is 2.94. The van der Waals surface area contributed by atoms with E-state index in [0.29, 0.717) is 22.4 Å². The molecule has 1 aliphatic heterocycles. The van der Waals surface area contributed by atoms with Crippen molar-refractivity contribution < 1.29 is 26.7 Å². The summed E-state index contributed by atoms with van der Waals surface area (Å²) >= 11 is 0. The number of alkyl halides is 3. The number of rotatable bonds is 9. The number of hydrogen-bond donors (Lipinski definition) is 2. The first kappa shape index (κ1) is 29.3. The summed E-state index contributed by atoms with van der Waals surface area (Å²) < 4.78 is 70.7. The maximum atomic E-state index is 13.7. The predicted octanol–water partition coefficient (Wildman–Crippen LogP) is 3.55. The van der Waals surface area contributed by atoms with Gasteiger partial charge in [0.25, 0.3) is 0 Å². The Morgan fingerprint density at radius 2 is 1.51 bits per heavy atom. The Labute approximate surface area is 240 Å². The number of halogens is 5. The summed E-state index contributed by atoms with van der Waals surface area (Å²) in [7, 11) is 0. The van der Waals surface area contributed by atoms with Crippen molar-refractivity contribution in [1.29, 1.82) is 0 Å². The summed E-state index contributed by atoms with van der Waals surface area (Å²) in [5.74, 6) is -1.25. The Hall–Kier alpha value is -5.21. The lowest BCUT2D eigenvalue weighted by Crippen LogP contribution is -2.44. The van der Waals surface area contributed by atoms with Crippen LogP contribution in [-0.4, -0.2) is 44.4 Å². The molecule has 1 aromatic heterocycles. The number of nitrogens with one attached hydrogen (secondary N) is 1. The Balaban J connectivity index is 1.40. The normalized spacial score (nSPS) is 13.0. The van der Waals surface area contributed by atoms with E-state index in [-0.39, 0.29) is 44.6 Å². The van der Waals surface area contributed by atoms with Crippen molar-refractivity contribution in [3.63, 3.8) is 0 Å². The number of guanidine groups is 1. The summed E-state index contributed by atoms with van der Waals surface area (Å²) in [6.07, 6.45) is -4.87. The van der Waals surface area contributed by atoms with E-state index in [4.69, 9.17) is 5.73 Å². The average molecular weight is 602 g/mol. The Morgan fingerprint density at radius 1 is 0.884 bits per heavy atom. The third kappa shape index (κ3) is 7.17. The second-order valence-corrected chi connectivity index (χ2v) is 9.58. The molecule has 10 nitrogen and oxygen atoms in total. The van der Waals surface area contributed by atoms with E-state index in [1.165, 1.54) is 54.6 Å². The summed E-state index contributed by atoms with van der Waals surface area (Å²) in [5.41, 5.74) is 6.51. The van der Waals surface area contributed by atoms with E-state index in [1.54, 1.807) is 4.90 Å². The SMILES string of the molecule is NC1=Nc2ccc(F)cc2CN1CCNc1nc(=O)n(Cc2ccc(F)cc2)c(=O)n1Cc1ccc(OC(F)(F)F)cc1. The van der Waals surface area contributed by atoms with Crippen molar-refractivity contribution in [1.82, 2.24) is 19.0 Å². The molecule has 0 radical (unpaired) electrons. The number of benzene rings is 3. The first-order valence-corrected chi connectivity index (χ1v) is 12.9. The van der Waals surface area contributed by atoms with Gasteiger partial charge in [-0.2, -0.15) is 4.98 Å². The molecule has 43 heavy (non-hydrogen) atoms. The van der Waals surface area contributed by atoms with Gasteiger partial charge < -0.3 is 20.7 Å². The first-order valence-electron chi connectivity index (χ1n) is 12.9. The van der Waals surface area contributed by atoms with Gasteiger partial charge in [0.15, 0.2) is 5.96 Å². The molecular formula is C28H24F5N7O3. The third-order valence-corrected chi connectivity index (χ3v) is 6.53. The first-order chi connectivity index (χ1) is 20.4. The Bertz CT molecular complexity index is 1770. The van der Waals surface area contributed by atoms with Crippen LogP contribution in [0.2, 0.25) is 0 Å². The van der Waals surface area contributed by atoms with Crippen LogP contribution in [0.1, 0.15) is 16.7 Å². The van der Waals surface area contributed by atoms with Crippen LogP contribution in [0.3, 0.4) is 0 Å². The fourth-order valence-electron chi connectivity index (χ4n) is 4.46. The zero-order chi connectivity index (χ0) is 30.7.